The fraction of sp³-hybridized carbons (Fsp3) is 0.222. The van der Waals surface area contributed by atoms with Gasteiger partial charge in [0, 0.05) is 50.2 Å². The zero-order chi connectivity index (χ0) is 20.4. The number of anilines is 1. The molecule has 29 heavy (non-hydrogen) atoms. The van der Waals surface area contributed by atoms with Crippen LogP contribution in [0.5, 0.6) is 0 Å². The summed E-state index contributed by atoms with van der Waals surface area (Å²) in [6.07, 6.45) is 4.24. The topological polar surface area (TPSA) is 129 Å². The molecule has 3 heterocycles. The maximum Gasteiger partial charge on any atom is 0.277 e. The molecular formula is C18H18N6O4S. The molecule has 0 bridgehead atoms. The van der Waals surface area contributed by atoms with E-state index in [0.717, 1.165) is 5.39 Å². The molecule has 1 fully saturated rings. The first kappa shape index (κ1) is 19.2. The molecule has 0 saturated carbocycles. The van der Waals surface area contributed by atoms with Gasteiger partial charge in [-0.2, -0.15) is 4.31 Å². The first-order chi connectivity index (χ1) is 14.0. The number of nitrogens with zero attached hydrogens (tertiary/aromatic N) is 5. The van der Waals surface area contributed by atoms with Crippen molar-refractivity contribution in [1.82, 2.24) is 24.7 Å². The molecule has 4 rings (SSSR count). The van der Waals surface area contributed by atoms with E-state index in [9.17, 15) is 13.2 Å². The molecule has 0 atom stereocenters. The second-order valence-corrected chi connectivity index (χ2v) is 8.40. The van der Waals surface area contributed by atoms with Crippen LogP contribution in [-0.4, -0.2) is 65.0 Å². The molecule has 0 aliphatic carbocycles. The molecule has 0 radical (unpaired) electrons. The van der Waals surface area contributed by atoms with Crippen LogP contribution in [0.4, 0.5) is 5.95 Å². The largest absolute Gasteiger partial charge is 0.338 e. The van der Waals surface area contributed by atoms with Crippen LogP contribution < -0.4 is 10.4 Å². The smallest absolute Gasteiger partial charge is 0.277 e. The number of benzene rings is 1. The highest BCUT2D eigenvalue weighted by molar-refractivity contribution is 7.89. The lowest BCUT2D eigenvalue weighted by Gasteiger charge is -2.33. The summed E-state index contributed by atoms with van der Waals surface area (Å²) in [4.78, 5) is 25.9. The van der Waals surface area contributed by atoms with Crippen molar-refractivity contribution >= 4 is 32.8 Å². The van der Waals surface area contributed by atoms with Gasteiger partial charge in [-0.1, -0.05) is 12.1 Å². The molecule has 10 nitrogen and oxygen atoms in total. The fourth-order valence-electron chi connectivity index (χ4n) is 3.15. The van der Waals surface area contributed by atoms with Crippen LogP contribution in [0, 0.1) is 0 Å². The minimum atomic E-state index is -3.64. The number of pyridine rings is 1. The van der Waals surface area contributed by atoms with E-state index in [1.807, 2.05) is 11.0 Å². The van der Waals surface area contributed by atoms with E-state index in [-0.39, 0.29) is 23.5 Å². The lowest BCUT2D eigenvalue weighted by molar-refractivity contribution is 0.0705. The van der Waals surface area contributed by atoms with E-state index in [1.54, 1.807) is 30.5 Å². The number of amides is 1. The van der Waals surface area contributed by atoms with Crippen molar-refractivity contribution in [3.8, 4) is 0 Å². The van der Waals surface area contributed by atoms with Gasteiger partial charge in [-0.3, -0.25) is 15.0 Å². The number of hydrogen-bond acceptors (Lipinski definition) is 8. The highest BCUT2D eigenvalue weighted by Crippen LogP contribution is 2.22. The second-order valence-electron chi connectivity index (χ2n) is 6.46. The Labute approximate surface area is 166 Å². The van der Waals surface area contributed by atoms with Crippen LogP contribution in [0.15, 0.2) is 53.8 Å². The fourth-order valence-corrected chi connectivity index (χ4v) is 4.59. The van der Waals surface area contributed by atoms with Crippen LogP contribution in [0.25, 0.3) is 10.9 Å². The van der Waals surface area contributed by atoms with Gasteiger partial charge in [-0.25, -0.2) is 23.9 Å². The molecule has 1 aromatic carbocycles. The number of carbonyl (C=O) groups excluding carboxylic acids is 1. The van der Waals surface area contributed by atoms with Gasteiger partial charge in [0.05, 0.1) is 16.0 Å². The first-order valence-electron chi connectivity index (χ1n) is 8.85. The Morgan fingerprint density at radius 3 is 2.45 bits per heavy atom. The van der Waals surface area contributed by atoms with Gasteiger partial charge in [0.15, 0.2) is 0 Å². The molecule has 0 unspecified atom stereocenters. The van der Waals surface area contributed by atoms with Crippen molar-refractivity contribution < 1.29 is 18.4 Å². The van der Waals surface area contributed by atoms with Gasteiger partial charge in [0.25, 0.3) is 5.91 Å². The number of hydroxylamine groups is 1. The quantitative estimate of drug-likeness (QED) is 0.470. The average Bonchev–Trinajstić information content (AvgIpc) is 2.78. The lowest BCUT2D eigenvalue weighted by Crippen LogP contribution is -2.49. The van der Waals surface area contributed by atoms with Crippen molar-refractivity contribution in [3.05, 3.63) is 54.5 Å². The SMILES string of the molecule is O=C(NO)c1cnc(N2CCN(S(=O)(=O)c3ccc4cccnc4c3)CC2)nc1. The molecule has 3 aromatic rings. The molecule has 1 aliphatic heterocycles. The Kier molecular flexibility index (Phi) is 5.09. The third kappa shape index (κ3) is 3.75. The number of sulfonamides is 1. The molecule has 1 amide bonds. The van der Waals surface area contributed by atoms with Gasteiger partial charge < -0.3 is 4.90 Å². The normalized spacial score (nSPS) is 15.4. The minimum Gasteiger partial charge on any atom is -0.338 e. The van der Waals surface area contributed by atoms with E-state index in [2.05, 4.69) is 15.0 Å². The number of hydrogen-bond donors (Lipinski definition) is 2. The number of rotatable bonds is 4. The summed E-state index contributed by atoms with van der Waals surface area (Å²) in [6, 6.07) is 8.63. The second kappa shape index (κ2) is 7.70. The van der Waals surface area contributed by atoms with Gasteiger partial charge in [0.2, 0.25) is 16.0 Å². The van der Waals surface area contributed by atoms with E-state index < -0.39 is 15.9 Å². The number of aromatic nitrogens is 3. The average molecular weight is 414 g/mol. The Balaban J connectivity index is 1.47. The van der Waals surface area contributed by atoms with Crippen LogP contribution in [0.3, 0.4) is 0 Å². The highest BCUT2D eigenvalue weighted by Gasteiger charge is 2.29. The van der Waals surface area contributed by atoms with E-state index in [1.165, 1.54) is 22.2 Å². The van der Waals surface area contributed by atoms with Crippen molar-refractivity contribution in [2.75, 3.05) is 31.1 Å². The van der Waals surface area contributed by atoms with Gasteiger partial charge in [0.1, 0.15) is 0 Å². The van der Waals surface area contributed by atoms with Crippen molar-refractivity contribution in [3.63, 3.8) is 0 Å². The molecule has 1 aliphatic rings. The number of piperazine rings is 1. The first-order valence-corrected chi connectivity index (χ1v) is 10.3. The summed E-state index contributed by atoms with van der Waals surface area (Å²) in [6.45, 7) is 1.39. The number of carbonyl (C=O) groups is 1. The molecule has 11 heteroatoms. The summed E-state index contributed by atoms with van der Waals surface area (Å²) in [5.74, 6) is -0.302. The summed E-state index contributed by atoms with van der Waals surface area (Å²) >= 11 is 0. The zero-order valence-electron chi connectivity index (χ0n) is 15.3. The van der Waals surface area contributed by atoms with Crippen LogP contribution in [-0.2, 0) is 10.0 Å². The minimum absolute atomic E-state index is 0.127. The predicted octanol–water partition coefficient (Wildman–Crippen LogP) is 0.655. The van der Waals surface area contributed by atoms with Crippen molar-refractivity contribution in [2.45, 2.75) is 4.90 Å². The molecule has 2 aromatic heterocycles. The third-order valence-corrected chi connectivity index (χ3v) is 6.63. The summed E-state index contributed by atoms with van der Waals surface area (Å²) in [7, 11) is -3.64. The van der Waals surface area contributed by atoms with Crippen molar-refractivity contribution in [1.29, 1.82) is 0 Å². The molecule has 2 N–H and O–H groups in total. The standard InChI is InChI=1S/C18H18N6O4S/c25-17(22-26)14-11-20-18(21-12-14)23-6-8-24(9-7-23)29(27,28)15-4-3-13-2-1-5-19-16(13)10-15/h1-5,10-12,26H,6-9H2,(H,22,25). The summed E-state index contributed by atoms with van der Waals surface area (Å²) < 4.78 is 27.4. The van der Waals surface area contributed by atoms with Gasteiger partial charge in [-0.15, -0.1) is 0 Å². The van der Waals surface area contributed by atoms with E-state index in [4.69, 9.17) is 5.21 Å². The Morgan fingerprint density at radius 1 is 1.03 bits per heavy atom. The summed E-state index contributed by atoms with van der Waals surface area (Å²) in [5.41, 5.74) is 2.28. The molecular weight excluding hydrogens is 396 g/mol. The molecule has 1 saturated heterocycles. The number of nitrogens with one attached hydrogen (secondary N) is 1. The van der Waals surface area contributed by atoms with Crippen LogP contribution >= 0.6 is 0 Å². The van der Waals surface area contributed by atoms with Crippen molar-refractivity contribution in [2.24, 2.45) is 0 Å². The zero-order valence-corrected chi connectivity index (χ0v) is 16.1. The highest BCUT2D eigenvalue weighted by atomic mass is 32.2. The van der Waals surface area contributed by atoms with Gasteiger partial charge in [-0.05, 0) is 18.2 Å². The van der Waals surface area contributed by atoms with Gasteiger partial charge >= 0.3 is 0 Å². The van der Waals surface area contributed by atoms with E-state index in [0.29, 0.717) is 24.6 Å². The third-order valence-electron chi connectivity index (χ3n) is 4.74. The maximum atomic E-state index is 13.0. The maximum absolute atomic E-state index is 13.0. The Hall–Kier alpha value is -3.15. The Morgan fingerprint density at radius 2 is 1.76 bits per heavy atom. The van der Waals surface area contributed by atoms with Crippen LogP contribution in [0.1, 0.15) is 10.4 Å². The molecule has 0 spiro atoms. The lowest BCUT2D eigenvalue weighted by atomic mass is 10.2. The van der Waals surface area contributed by atoms with Crippen LogP contribution in [0.2, 0.25) is 0 Å². The number of fused-ring (bicyclic) bond motifs is 1. The monoisotopic (exact) mass is 414 g/mol. The Bertz CT molecular complexity index is 1140. The molecule has 150 valence electrons. The predicted molar refractivity (Wildman–Crippen MR) is 104 cm³/mol. The van der Waals surface area contributed by atoms with E-state index >= 15 is 0 Å². The summed E-state index contributed by atoms with van der Waals surface area (Å²) in [5, 5.41) is 9.51.